The summed E-state index contributed by atoms with van der Waals surface area (Å²) in [5, 5.41) is 6.57. The van der Waals surface area contributed by atoms with Gasteiger partial charge in [0.1, 0.15) is 5.82 Å². The SMILES string of the molecule is CCNc1cc(NCc2ccccc2)ccn1. The van der Waals surface area contributed by atoms with E-state index in [1.807, 2.05) is 36.5 Å². The minimum Gasteiger partial charge on any atom is -0.381 e. The largest absolute Gasteiger partial charge is 0.381 e. The molecule has 0 aliphatic carbocycles. The van der Waals surface area contributed by atoms with Crippen LogP contribution in [-0.2, 0) is 6.54 Å². The highest BCUT2D eigenvalue weighted by molar-refractivity contribution is 5.52. The highest BCUT2D eigenvalue weighted by Crippen LogP contribution is 2.12. The average molecular weight is 227 g/mol. The number of rotatable bonds is 5. The minimum atomic E-state index is 0.830. The molecule has 0 saturated heterocycles. The lowest BCUT2D eigenvalue weighted by Gasteiger charge is -2.08. The highest BCUT2D eigenvalue weighted by Gasteiger charge is 1.96. The first-order valence-corrected chi connectivity index (χ1v) is 5.86. The number of benzene rings is 1. The smallest absolute Gasteiger partial charge is 0.127 e. The van der Waals surface area contributed by atoms with Gasteiger partial charge in [0, 0.05) is 31.0 Å². The van der Waals surface area contributed by atoms with Gasteiger partial charge in [-0.1, -0.05) is 30.3 Å². The summed E-state index contributed by atoms with van der Waals surface area (Å²) in [4.78, 5) is 4.23. The van der Waals surface area contributed by atoms with Crippen molar-refractivity contribution in [3.05, 3.63) is 54.2 Å². The van der Waals surface area contributed by atoms with E-state index in [4.69, 9.17) is 0 Å². The zero-order valence-electron chi connectivity index (χ0n) is 9.98. The van der Waals surface area contributed by atoms with Crippen molar-refractivity contribution in [2.24, 2.45) is 0 Å². The van der Waals surface area contributed by atoms with Crippen LogP contribution in [0.5, 0.6) is 0 Å². The number of hydrogen-bond acceptors (Lipinski definition) is 3. The van der Waals surface area contributed by atoms with Gasteiger partial charge in [-0.3, -0.25) is 0 Å². The van der Waals surface area contributed by atoms with E-state index in [1.54, 1.807) is 0 Å². The molecule has 2 aromatic rings. The molecule has 2 N–H and O–H groups in total. The number of nitrogens with zero attached hydrogens (tertiary/aromatic N) is 1. The molecule has 1 heterocycles. The van der Waals surface area contributed by atoms with Crippen molar-refractivity contribution in [1.29, 1.82) is 0 Å². The van der Waals surface area contributed by atoms with Crippen LogP contribution >= 0.6 is 0 Å². The maximum absolute atomic E-state index is 4.23. The van der Waals surface area contributed by atoms with Gasteiger partial charge in [0.05, 0.1) is 0 Å². The molecule has 1 aromatic heterocycles. The number of anilines is 2. The fourth-order valence-corrected chi connectivity index (χ4v) is 1.62. The summed E-state index contributed by atoms with van der Waals surface area (Å²) < 4.78 is 0. The molecule has 0 bridgehead atoms. The Morgan fingerprint density at radius 1 is 1.06 bits per heavy atom. The average Bonchev–Trinajstić information content (AvgIpc) is 2.39. The minimum absolute atomic E-state index is 0.830. The third-order valence-electron chi connectivity index (χ3n) is 2.46. The molecule has 3 nitrogen and oxygen atoms in total. The monoisotopic (exact) mass is 227 g/mol. The molecule has 2 rings (SSSR count). The van der Waals surface area contributed by atoms with Crippen molar-refractivity contribution in [1.82, 2.24) is 4.98 Å². The summed E-state index contributed by atoms with van der Waals surface area (Å²) in [7, 11) is 0. The molecule has 0 spiro atoms. The van der Waals surface area contributed by atoms with E-state index in [0.717, 1.165) is 24.6 Å². The second-order valence-electron chi connectivity index (χ2n) is 3.80. The Labute approximate surface area is 102 Å². The van der Waals surface area contributed by atoms with Gasteiger partial charge >= 0.3 is 0 Å². The van der Waals surface area contributed by atoms with Crippen LogP contribution in [0.1, 0.15) is 12.5 Å². The third-order valence-corrected chi connectivity index (χ3v) is 2.46. The van der Waals surface area contributed by atoms with Crippen LogP contribution < -0.4 is 10.6 Å². The van der Waals surface area contributed by atoms with Crippen molar-refractivity contribution in [3.63, 3.8) is 0 Å². The molecular weight excluding hydrogens is 210 g/mol. The van der Waals surface area contributed by atoms with Gasteiger partial charge < -0.3 is 10.6 Å². The van der Waals surface area contributed by atoms with Gasteiger partial charge in [-0.2, -0.15) is 0 Å². The Morgan fingerprint density at radius 2 is 1.88 bits per heavy atom. The zero-order valence-corrected chi connectivity index (χ0v) is 9.98. The van der Waals surface area contributed by atoms with Crippen LogP contribution in [0, 0.1) is 0 Å². The topological polar surface area (TPSA) is 37.0 Å². The third kappa shape index (κ3) is 3.48. The summed E-state index contributed by atoms with van der Waals surface area (Å²) >= 11 is 0. The molecule has 0 saturated carbocycles. The first-order chi connectivity index (χ1) is 8.38. The number of hydrogen-bond donors (Lipinski definition) is 2. The van der Waals surface area contributed by atoms with Crippen LogP contribution in [0.2, 0.25) is 0 Å². The van der Waals surface area contributed by atoms with E-state index in [0.29, 0.717) is 0 Å². The van der Waals surface area contributed by atoms with Crippen molar-refractivity contribution >= 4 is 11.5 Å². The maximum Gasteiger partial charge on any atom is 0.127 e. The molecule has 0 unspecified atom stereocenters. The van der Waals surface area contributed by atoms with Gasteiger partial charge in [0.2, 0.25) is 0 Å². The Hall–Kier alpha value is -2.03. The highest BCUT2D eigenvalue weighted by atomic mass is 15.0. The second-order valence-corrected chi connectivity index (χ2v) is 3.80. The van der Waals surface area contributed by atoms with Gasteiger partial charge in [-0.25, -0.2) is 4.98 Å². The lowest BCUT2D eigenvalue weighted by atomic mass is 10.2. The van der Waals surface area contributed by atoms with Crippen LogP contribution in [-0.4, -0.2) is 11.5 Å². The molecule has 0 amide bonds. The van der Waals surface area contributed by atoms with Gasteiger partial charge in [0.25, 0.3) is 0 Å². The number of aromatic nitrogens is 1. The molecule has 0 atom stereocenters. The van der Waals surface area contributed by atoms with Gasteiger partial charge in [-0.15, -0.1) is 0 Å². The first kappa shape index (κ1) is 11.5. The van der Waals surface area contributed by atoms with Crippen molar-refractivity contribution in [3.8, 4) is 0 Å². The Bertz CT molecular complexity index is 454. The molecule has 0 aliphatic heterocycles. The molecule has 0 aliphatic rings. The van der Waals surface area contributed by atoms with Crippen molar-refractivity contribution in [2.75, 3.05) is 17.2 Å². The predicted molar refractivity (Wildman–Crippen MR) is 72.2 cm³/mol. The number of pyridine rings is 1. The second kappa shape index (κ2) is 5.89. The lowest BCUT2D eigenvalue weighted by Crippen LogP contribution is -2.02. The van der Waals surface area contributed by atoms with Crippen LogP contribution in [0.15, 0.2) is 48.7 Å². The number of nitrogens with one attached hydrogen (secondary N) is 2. The van der Waals surface area contributed by atoms with E-state index in [-0.39, 0.29) is 0 Å². The van der Waals surface area contributed by atoms with E-state index < -0.39 is 0 Å². The summed E-state index contributed by atoms with van der Waals surface area (Å²) in [6.45, 7) is 3.78. The van der Waals surface area contributed by atoms with Crippen molar-refractivity contribution in [2.45, 2.75) is 13.5 Å². The molecule has 3 heteroatoms. The van der Waals surface area contributed by atoms with Crippen LogP contribution in [0.25, 0.3) is 0 Å². The van der Waals surface area contributed by atoms with E-state index in [9.17, 15) is 0 Å². The standard InChI is InChI=1S/C14H17N3/c1-2-15-14-10-13(8-9-16-14)17-11-12-6-4-3-5-7-12/h3-10H,2,11H2,1H3,(H2,15,16,17). The van der Waals surface area contributed by atoms with Gasteiger partial charge in [-0.05, 0) is 18.6 Å². The summed E-state index contributed by atoms with van der Waals surface area (Å²) in [5.41, 5.74) is 2.36. The first-order valence-electron chi connectivity index (χ1n) is 5.86. The Morgan fingerprint density at radius 3 is 2.65 bits per heavy atom. The van der Waals surface area contributed by atoms with E-state index >= 15 is 0 Å². The van der Waals surface area contributed by atoms with Crippen LogP contribution in [0.4, 0.5) is 11.5 Å². The zero-order chi connectivity index (χ0) is 11.9. The molecule has 17 heavy (non-hydrogen) atoms. The predicted octanol–water partition coefficient (Wildman–Crippen LogP) is 3.13. The Balaban J connectivity index is 1.97. The fourth-order valence-electron chi connectivity index (χ4n) is 1.62. The van der Waals surface area contributed by atoms with E-state index in [1.165, 1.54) is 5.56 Å². The molecule has 0 fully saturated rings. The van der Waals surface area contributed by atoms with E-state index in [2.05, 4.69) is 34.7 Å². The molecule has 1 aromatic carbocycles. The molecule has 88 valence electrons. The van der Waals surface area contributed by atoms with Crippen molar-refractivity contribution < 1.29 is 0 Å². The lowest BCUT2D eigenvalue weighted by molar-refractivity contribution is 1.13. The quantitative estimate of drug-likeness (QED) is 0.824. The molecule has 0 radical (unpaired) electrons. The summed E-state index contributed by atoms with van der Waals surface area (Å²) in [6.07, 6.45) is 1.81. The normalized spacial score (nSPS) is 9.94. The molecular formula is C14H17N3. The van der Waals surface area contributed by atoms with Gasteiger partial charge in [0.15, 0.2) is 0 Å². The summed E-state index contributed by atoms with van der Waals surface area (Å²) in [5.74, 6) is 0.908. The Kier molecular flexibility index (Phi) is 3.97. The fraction of sp³-hybridized carbons (Fsp3) is 0.214. The van der Waals surface area contributed by atoms with Crippen LogP contribution in [0.3, 0.4) is 0 Å². The maximum atomic E-state index is 4.23. The summed E-state index contributed by atoms with van der Waals surface area (Å²) in [6, 6.07) is 14.3.